The highest BCUT2D eigenvalue weighted by atomic mass is 16.5. The summed E-state index contributed by atoms with van der Waals surface area (Å²) >= 11 is 0. The molecule has 1 rings (SSSR count). The molecule has 0 bridgehead atoms. The SMILES string of the molecule is CCc1ccc(OCCC(C#N)NC(C)C)cc1. The van der Waals surface area contributed by atoms with Gasteiger partial charge in [-0.3, -0.25) is 5.32 Å². The molecule has 0 aromatic heterocycles. The summed E-state index contributed by atoms with van der Waals surface area (Å²) in [4.78, 5) is 0. The Morgan fingerprint density at radius 2 is 1.94 bits per heavy atom. The Morgan fingerprint density at radius 1 is 1.28 bits per heavy atom. The van der Waals surface area contributed by atoms with Crippen LogP contribution < -0.4 is 10.1 Å². The van der Waals surface area contributed by atoms with E-state index < -0.39 is 0 Å². The summed E-state index contributed by atoms with van der Waals surface area (Å²) in [7, 11) is 0. The zero-order chi connectivity index (χ0) is 13.4. The molecule has 0 aliphatic carbocycles. The molecule has 1 atom stereocenters. The Bertz CT molecular complexity index is 378. The summed E-state index contributed by atoms with van der Waals surface area (Å²) in [5.74, 6) is 0.869. The smallest absolute Gasteiger partial charge is 0.119 e. The van der Waals surface area contributed by atoms with Crippen LogP contribution in [0.25, 0.3) is 0 Å². The van der Waals surface area contributed by atoms with Crippen molar-refractivity contribution in [2.24, 2.45) is 0 Å². The number of nitrogens with one attached hydrogen (secondary N) is 1. The molecule has 0 amide bonds. The van der Waals surface area contributed by atoms with Crippen LogP contribution in [0.1, 0.15) is 32.8 Å². The Hall–Kier alpha value is -1.53. The van der Waals surface area contributed by atoms with Gasteiger partial charge in [-0.2, -0.15) is 5.26 Å². The number of benzene rings is 1. The molecule has 3 heteroatoms. The van der Waals surface area contributed by atoms with Crippen LogP contribution >= 0.6 is 0 Å². The Kier molecular flexibility index (Phi) is 6.24. The van der Waals surface area contributed by atoms with E-state index in [1.165, 1.54) is 5.56 Å². The van der Waals surface area contributed by atoms with E-state index in [0.29, 0.717) is 19.1 Å². The first kappa shape index (κ1) is 14.5. The lowest BCUT2D eigenvalue weighted by Crippen LogP contribution is -2.34. The normalized spacial score (nSPS) is 12.2. The average Bonchev–Trinajstić information content (AvgIpc) is 2.38. The van der Waals surface area contributed by atoms with Crippen LogP contribution in [0, 0.1) is 11.3 Å². The summed E-state index contributed by atoms with van der Waals surface area (Å²) in [6.45, 7) is 6.76. The van der Waals surface area contributed by atoms with Crippen LogP contribution in [-0.2, 0) is 6.42 Å². The number of nitriles is 1. The van der Waals surface area contributed by atoms with Crippen LogP contribution in [0.5, 0.6) is 5.75 Å². The molecule has 1 unspecified atom stereocenters. The van der Waals surface area contributed by atoms with Gasteiger partial charge in [-0.1, -0.05) is 19.1 Å². The van der Waals surface area contributed by atoms with Crippen LogP contribution in [0.3, 0.4) is 0 Å². The third-order valence-electron chi connectivity index (χ3n) is 2.70. The van der Waals surface area contributed by atoms with E-state index >= 15 is 0 Å². The summed E-state index contributed by atoms with van der Waals surface area (Å²) in [5, 5.41) is 12.2. The highest BCUT2D eigenvalue weighted by Gasteiger charge is 2.08. The molecule has 98 valence electrons. The van der Waals surface area contributed by atoms with Gasteiger partial charge in [0.25, 0.3) is 0 Å². The van der Waals surface area contributed by atoms with E-state index in [2.05, 4.69) is 30.4 Å². The summed E-state index contributed by atoms with van der Waals surface area (Å²) in [6.07, 6.45) is 1.74. The highest BCUT2D eigenvalue weighted by Crippen LogP contribution is 2.12. The van der Waals surface area contributed by atoms with Crippen LogP contribution in [0.4, 0.5) is 0 Å². The van der Waals surface area contributed by atoms with Crippen molar-refractivity contribution < 1.29 is 4.74 Å². The molecule has 0 spiro atoms. The topological polar surface area (TPSA) is 45.0 Å². The monoisotopic (exact) mass is 246 g/mol. The van der Waals surface area contributed by atoms with Crippen molar-refractivity contribution in [3.8, 4) is 11.8 Å². The lowest BCUT2D eigenvalue weighted by atomic mass is 10.2. The minimum atomic E-state index is -0.139. The van der Waals surface area contributed by atoms with E-state index in [-0.39, 0.29) is 6.04 Å². The number of ether oxygens (including phenoxy) is 1. The number of hydrogen-bond donors (Lipinski definition) is 1. The number of rotatable bonds is 7. The number of hydrogen-bond acceptors (Lipinski definition) is 3. The molecule has 0 saturated heterocycles. The largest absolute Gasteiger partial charge is 0.493 e. The van der Waals surface area contributed by atoms with Crippen LogP contribution in [0.15, 0.2) is 24.3 Å². The first-order valence-corrected chi connectivity index (χ1v) is 6.53. The van der Waals surface area contributed by atoms with Crippen LogP contribution in [0.2, 0.25) is 0 Å². The Morgan fingerprint density at radius 3 is 2.44 bits per heavy atom. The maximum Gasteiger partial charge on any atom is 0.119 e. The lowest BCUT2D eigenvalue weighted by molar-refractivity contribution is 0.294. The van der Waals surface area contributed by atoms with Gasteiger partial charge in [0, 0.05) is 12.5 Å². The summed E-state index contributed by atoms with van der Waals surface area (Å²) < 4.78 is 5.63. The van der Waals surface area contributed by atoms with Crippen molar-refractivity contribution in [1.29, 1.82) is 5.26 Å². The molecule has 0 saturated carbocycles. The van der Waals surface area contributed by atoms with E-state index in [1.54, 1.807) is 0 Å². The quantitative estimate of drug-likeness (QED) is 0.804. The molecule has 1 aromatic carbocycles. The molecular formula is C15H22N2O. The summed E-state index contributed by atoms with van der Waals surface area (Å²) in [6, 6.07) is 10.5. The highest BCUT2D eigenvalue weighted by molar-refractivity contribution is 5.27. The van der Waals surface area contributed by atoms with Gasteiger partial charge in [0.2, 0.25) is 0 Å². The molecule has 0 fully saturated rings. The molecule has 1 aromatic rings. The van der Waals surface area contributed by atoms with E-state index in [0.717, 1.165) is 12.2 Å². The number of nitrogens with zero attached hydrogens (tertiary/aromatic N) is 1. The van der Waals surface area contributed by atoms with Gasteiger partial charge in [-0.25, -0.2) is 0 Å². The van der Waals surface area contributed by atoms with E-state index in [1.807, 2.05) is 26.0 Å². The first-order valence-electron chi connectivity index (χ1n) is 6.53. The van der Waals surface area contributed by atoms with Crippen molar-refractivity contribution in [3.05, 3.63) is 29.8 Å². The third-order valence-corrected chi connectivity index (χ3v) is 2.70. The second-order valence-corrected chi connectivity index (χ2v) is 4.64. The van der Waals surface area contributed by atoms with E-state index in [4.69, 9.17) is 10.00 Å². The maximum absolute atomic E-state index is 8.97. The zero-order valence-corrected chi connectivity index (χ0v) is 11.4. The van der Waals surface area contributed by atoms with Crippen molar-refractivity contribution >= 4 is 0 Å². The second kappa shape index (κ2) is 7.73. The maximum atomic E-state index is 8.97. The molecule has 0 aliphatic heterocycles. The van der Waals surface area contributed by atoms with E-state index in [9.17, 15) is 0 Å². The molecule has 18 heavy (non-hydrogen) atoms. The van der Waals surface area contributed by atoms with Crippen LogP contribution in [-0.4, -0.2) is 18.7 Å². The standard InChI is InChI=1S/C15H22N2O/c1-4-13-5-7-15(8-6-13)18-10-9-14(11-16)17-12(2)3/h5-8,12,14,17H,4,9-10H2,1-3H3. The van der Waals surface area contributed by atoms with Gasteiger partial charge in [-0.05, 0) is 38.0 Å². The fraction of sp³-hybridized carbons (Fsp3) is 0.533. The molecule has 0 radical (unpaired) electrons. The summed E-state index contributed by atoms with van der Waals surface area (Å²) in [5.41, 5.74) is 1.30. The molecular weight excluding hydrogens is 224 g/mol. The van der Waals surface area contributed by atoms with Gasteiger partial charge in [0.15, 0.2) is 0 Å². The van der Waals surface area contributed by atoms with Crippen molar-refractivity contribution in [2.45, 2.75) is 45.7 Å². The Labute approximate surface area is 110 Å². The van der Waals surface area contributed by atoms with Crippen molar-refractivity contribution in [1.82, 2.24) is 5.32 Å². The molecule has 1 N–H and O–H groups in total. The fourth-order valence-corrected chi connectivity index (χ4v) is 1.70. The molecule has 3 nitrogen and oxygen atoms in total. The van der Waals surface area contributed by atoms with Gasteiger partial charge < -0.3 is 4.74 Å². The van der Waals surface area contributed by atoms with Gasteiger partial charge in [-0.15, -0.1) is 0 Å². The second-order valence-electron chi connectivity index (χ2n) is 4.64. The molecule has 0 aliphatic rings. The predicted octanol–water partition coefficient (Wildman–Crippen LogP) is 2.91. The van der Waals surface area contributed by atoms with Gasteiger partial charge >= 0.3 is 0 Å². The van der Waals surface area contributed by atoms with Gasteiger partial charge in [0.1, 0.15) is 5.75 Å². The lowest BCUT2D eigenvalue weighted by Gasteiger charge is -2.14. The van der Waals surface area contributed by atoms with Gasteiger partial charge in [0.05, 0.1) is 18.7 Å². The third kappa shape index (κ3) is 5.20. The first-order chi connectivity index (χ1) is 8.65. The zero-order valence-electron chi connectivity index (χ0n) is 11.4. The minimum Gasteiger partial charge on any atom is -0.493 e. The molecule has 0 heterocycles. The predicted molar refractivity (Wildman–Crippen MR) is 73.6 cm³/mol. The fourth-order valence-electron chi connectivity index (χ4n) is 1.70. The van der Waals surface area contributed by atoms with Crippen molar-refractivity contribution in [2.75, 3.05) is 6.61 Å². The average molecular weight is 246 g/mol. The number of aryl methyl sites for hydroxylation is 1. The Balaban J connectivity index is 2.34. The minimum absolute atomic E-state index is 0.139. The van der Waals surface area contributed by atoms with Crippen molar-refractivity contribution in [3.63, 3.8) is 0 Å².